The molecular formula is C22H25N5O2S. The highest BCUT2D eigenvalue weighted by molar-refractivity contribution is 8.00. The number of aryl methyl sites for hydroxylation is 2. The fourth-order valence-corrected chi connectivity index (χ4v) is 4.58. The quantitative estimate of drug-likeness (QED) is 0.649. The van der Waals surface area contributed by atoms with Crippen molar-refractivity contribution in [1.82, 2.24) is 14.9 Å². The van der Waals surface area contributed by atoms with Gasteiger partial charge in [0.15, 0.2) is 5.82 Å². The zero-order chi connectivity index (χ0) is 21.3. The number of anilines is 1. The Labute approximate surface area is 180 Å². The topological polar surface area (TPSA) is 81.1 Å². The van der Waals surface area contributed by atoms with Crippen LogP contribution in [0.25, 0.3) is 0 Å². The second-order valence-corrected chi connectivity index (χ2v) is 8.35. The van der Waals surface area contributed by atoms with Crippen molar-refractivity contribution < 1.29 is 9.53 Å². The van der Waals surface area contributed by atoms with Gasteiger partial charge >= 0.3 is 0 Å². The Morgan fingerprint density at radius 1 is 1.20 bits per heavy atom. The first-order chi connectivity index (χ1) is 14.5. The van der Waals surface area contributed by atoms with E-state index in [1.807, 2.05) is 67.9 Å². The number of carbonyl (C=O) groups excluding carboxylic acids is 1. The Kier molecular flexibility index (Phi) is 5.67. The van der Waals surface area contributed by atoms with Crippen molar-refractivity contribution >= 4 is 23.4 Å². The van der Waals surface area contributed by atoms with Gasteiger partial charge in [0.25, 0.3) is 0 Å². The molecule has 0 fully saturated rings. The Balaban J connectivity index is 1.68. The predicted octanol–water partition coefficient (Wildman–Crippen LogP) is 3.86. The van der Waals surface area contributed by atoms with Gasteiger partial charge in [-0.25, -0.2) is 4.68 Å². The zero-order valence-electron chi connectivity index (χ0n) is 17.5. The molecule has 0 unspecified atom stereocenters. The van der Waals surface area contributed by atoms with Crippen LogP contribution in [-0.2, 0) is 11.2 Å². The number of aromatic nitrogens is 3. The molecule has 1 aliphatic rings. The molecule has 2 N–H and O–H groups in total. The third-order valence-corrected chi connectivity index (χ3v) is 6.63. The first-order valence-corrected chi connectivity index (χ1v) is 10.8. The van der Waals surface area contributed by atoms with Crippen molar-refractivity contribution in [1.29, 1.82) is 0 Å². The van der Waals surface area contributed by atoms with Crippen LogP contribution in [0.5, 0.6) is 5.75 Å². The maximum Gasteiger partial charge on any atom is 0.240 e. The smallest absolute Gasteiger partial charge is 0.240 e. The molecule has 0 saturated heterocycles. The Bertz CT molecular complexity index is 1060. The molecule has 1 aromatic heterocycles. The van der Waals surface area contributed by atoms with Crippen LogP contribution < -0.4 is 15.5 Å². The molecule has 3 aromatic rings. The second-order valence-electron chi connectivity index (χ2n) is 7.24. The Hall–Kier alpha value is -3.00. The molecule has 0 spiro atoms. The lowest BCUT2D eigenvalue weighted by Gasteiger charge is -2.33. The minimum absolute atomic E-state index is 0.0747. The van der Waals surface area contributed by atoms with Gasteiger partial charge in [-0.3, -0.25) is 4.79 Å². The second kappa shape index (κ2) is 8.39. The van der Waals surface area contributed by atoms with Crippen LogP contribution in [0, 0.1) is 13.8 Å². The number of nitrogens with one attached hydrogen (secondary N) is 2. The zero-order valence-corrected chi connectivity index (χ0v) is 18.3. The first kappa shape index (κ1) is 20.3. The van der Waals surface area contributed by atoms with E-state index in [4.69, 9.17) is 4.74 Å². The molecule has 4 rings (SSSR count). The van der Waals surface area contributed by atoms with Crippen molar-refractivity contribution in [3.05, 3.63) is 65.0 Å². The normalized spacial score (nSPS) is 17.7. The monoisotopic (exact) mass is 423 g/mol. The van der Waals surface area contributed by atoms with Crippen LogP contribution in [0.1, 0.15) is 35.5 Å². The number of fused-ring (bicyclic) bond motifs is 1. The van der Waals surface area contributed by atoms with Gasteiger partial charge in [0.2, 0.25) is 11.1 Å². The van der Waals surface area contributed by atoms with E-state index in [0.29, 0.717) is 5.16 Å². The van der Waals surface area contributed by atoms with Gasteiger partial charge in [-0.05, 0) is 48.7 Å². The third kappa shape index (κ3) is 3.75. The van der Waals surface area contributed by atoms with Crippen molar-refractivity contribution in [2.45, 2.75) is 43.6 Å². The lowest BCUT2D eigenvalue weighted by molar-refractivity contribution is -0.116. The Morgan fingerprint density at radius 2 is 1.97 bits per heavy atom. The molecule has 0 bridgehead atoms. The SMILES string of the molecule is CCc1nnc2n1N[C@@H](c1ccc(OC)cc1)[C@@H](C(=O)Nc1cccc(C)c1C)S2. The van der Waals surface area contributed by atoms with Crippen molar-refractivity contribution in [2.24, 2.45) is 0 Å². The molecular weight excluding hydrogens is 398 g/mol. The summed E-state index contributed by atoms with van der Waals surface area (Å²) in [4.78, 5) is 13.4. The summed E-state index contributed by atoms with van der Waals surface area (Å²) in [7, 11) is 1.64. The van der Waals surface area contributed by atoms with Gasteiger partial charge < -0.3 is 15.5 Å². The number of hydrogen-bond acceptors (Lipinski definition) is 6. The third-order valence-electron chi connectivity index (χ3n) is 5.42. The first-order valence-electron chi connectivity index (χ1n) is 9.90. The summed E-state index contributed by atoms with van der Waals surface area (Å²) in [6.45, 7) is 6.09. The van der Waals surface area contributed by atoms with Crippen LogP contribution in [0.15, 0.2) is 47.6 Å². The lowest BCUT2D eigenvalue weighted by atomic mass is 10.0. The summed E-state index contributed by atoms with van der Waals surface area (Å²) >= 11 is 1.43. The van der Waals surface area contributed by atoms with E-state index in [1.165, 1.54) is 11.8 Å². The van der Waals surface area contributed by atoms with Crippen LogP contribution >= 0.6 is 11.8 Å². The summed E-state index contributed by atoms with van der Waals surface area (Å²) in [5, 5.41) is 11.9. The number of benzene rings is 2. The van der Waals surface area contributed by atoms with Gasteiger partial charge in [0.05, 0.1) is 13.2 Å². The average molecular weight is 424 g/mol. The van der Waals surface area contributed by atoms with Gasteiger partial charge in [-0.2, -0.15) is 0 Å². The summed E-state index contributed by atoms with van der Waals surface area (Å²) in [5.41, 5.74) is 7.49. The molecule has 2 heterocycles. The molecule has 0 saturated carbocycles. The molecule has 2 aromatic carbocycles. The number of hydrogen-bond donors (Lipinski definition) is 2. The fourth-order valence-electron chi connectivity index (χ4n) is 3.48. The predicted molar refractivity (Wildman–Crippen MR) is 119 cm³/mol. The number of carbonyl (C=O) groups is 1. The summed E-state index contributed by atoms with van der Waals surface area (Å²) in [5.74, 6) is 1.54. The minimum atomic E-state index is -0.417. The number of ether oxygens (including phenoxy) is 1. The number of thioether (sulfide) groups is 1. The molecule has 30 heavy (non-hydrogen) atoms. The number of methoxy groups -OCH3 is 1. The maximum atomic E-state index is 13.4. The van der Waals surface area contributed by atoms with E-state index in [-0.39, 0.29) is 11.9 Å². The highest BCUT2D eigenvalue weighted by Crippen LogP contribution is 2.38. The summed E-state index contributed by atoms with van der Waals surface area (Å²) in [6, 6.07) is 13.5. The van der Waals surface area contributed by atoms with E-state index in [0.717, 1.165) is 40.4 Å². The van der Waals surface area contributed by atoms with Gasteiger partial charge in [0.1, 0.15) is 11.0 Å². The van der Waals surface area contributed by atoms with Crippen molar-refractivity contribution in [3.63, 3.8) is 0 Å². The van der Waals surface area contributed by atoms with Crippen LogP contribution in [-0.4, -0.2) is 33.1 Å². The van der Waals surface area contributed by atoms with E-state index < -0.39 is 5.25 Å². The fraction of sp³-hybridized carbons (Fsp3) is 0.318. The van der Waals surface area contributed by atoms with Crippen LogP contribution in [0.4, 0.5) is 5.69 Å². The standard InChI is InChI=1S/C22H25N5O2S/c1-5-18-24-25-22-27(18)26-19(15-9-11-16(29-4)12-10-15)20(30-22)21(28)23-17-8-6-7-13(2)14(17)3/h6-12,19-20,26H,5H2,1-4H3,(H,23,28)/t19-,20-/m0/s1. The van der Waals surface area contributed by atoms with E-state index in [1.54, 1.807) is 7.11 Å². The molecule has 2 atom stereocenters. The number of amides is 1. The van der Waals surface area contributed by atoms with Gasteiger partial charge in [-0.15, -0.1) is 10.2 Å². The van der Waals surface area contributed by atoms with Crippen LogP contribution in [0.3, 0.4) is 0 Å². The molecule has 0 aliphatic carbocycles. The molecule has 1 amide bonds. The number of nitrogens with zero attached hydrogens (tertiary/aromatic N) is 3. The minimum Gasteiger partial charge on any atom is -0.497 e. The van der Waals surface area contributed by atoms with Crippen LogP contribution in [0.2, 0.25) is 0 Å². The number of rotatable bonds is 5. The maximum absolute atomic E-state index is 13.4. The molecule has 0 radical (unpaired) electrons. The summed E-state index contributed by atoms with van der Waals surface area (Å²) < 4.78 is 7.17. The molecule has 7 nitrogen and oxygen atoms in total. The summed E-state index contributed by atoms with van der Waals surface area (Å²) in [6.07, 6.45) is 0.745. The van der Waals surface area contributed by atoms with Crippen molar-refractivity contribution in [3.8, 4) is 5.75 Å². The lowest BCUT2D eigenvalue weighted by Crippen LogP contribution is -2.41. The Morgan fingerprint density at radius 3 is 2.67 bits per heavy atom. The van der Waals surface area contributed by atoms with E-state index in [2.05, 4.69) is 20.9 Å². The average Bonchev–Trinajstić information content (AvgIpc) is 3.18. The highest BCUT2D eigenvalue weighted by Gasteiger charge is 2.37. The van der Waals surface area contributed by atoms with E-state index in [9.17, 15) is 4.79 Å². The molecule has 8 heteroatoms. The molecule has 1 aliphatic heterocycles. The van der Waals surface area contributed by atoms with E-state index >= 15 is 0 Å². The highest BCUT2D eigenvalue weighted by atomic mass is 32.2. The largest absolute Gasteiger partial charge is 0.497 e. The molecule has 156 valence electrons. The van der Waals surface area contributed by atoms with Gasteiger partial charge in [0, 0.05) is 12.1 Å². The van der Waals surface area contributed by atoms with Crippen molar-refractivity contribution in [2.75, 3.05) is 17.9 Å². The van der Waals surface area contributed by atoms with Gasteiger partial charge in [-0.1, -0.05) is 43.0 Å².